The fraction of sp³-hybridized carbons (Fsp3) is 0.444. The quantitative estimate of drug-likeness (QED) is 0.564. The third-order valence-corrected chi connectivity index (χ3v) is 6.11. The van der Waals surface area contributed by atoms with Crippen LogP contribution in [0.2, 0.25) is 0 Å². The molecule has 0 unspecified atom stereocenters. The van der Waals surface area contributed by atoms with Crippen LogP contribution in [0.5, 0.6) is 0 Å². The summed E-state index contributed by atoms with van der Waals surface area (Å²) < 4.78 is 24.8. The van der Waals surface area contributed by atoms with E-state index in [0.29, 0.717) is 13.0 Å². The topological polar surface area (TPSA) is 83.6 Å². The van der Waals surface area contributed by atoms with Gasteiger partial charge in [0.05, 0.1) is 11.5 Å². The average molecular weight is 364 g/mol. The molecule has 0 atom stereocenters. The molecule has 1 aliphatic heterocycles. The number of carbonyl (C=O) groups is 2. The van der Waals surface area contributed by atoms with Crippen LogP contribution in [0.15, 0.2) is 42.5 Å². The van der Waals surface area contributed by atoms with E-state index in [0.717, 1.165) is 5.56 Å². The van der Waals surface area contributed by atoms with Gasteiger partial charge in [0, 0.05) is 12.0 Å². The van der Waals surface area contributed by atoms with Crippen molar-refractivity contribution < 1.29 is 18.0 Å². The van der Waals surface area contributed by atoms with E-state index in [9.17, 15) is 18.0 Å². The summed E-state index contributed by atoms with van der Waals surface area (Å²) in [7, 11) is -3.20. The van der Waals surface area contributed by atoms with Crippen LogP contribution in [-0.4, -0.2) is 49.9 Å². The highest BCUT2D eigenvalue weighted by atomic mass is 32.2. The number of allylic oxidation sites excluding steroid dienone is 1. The number of rotatable bonds is 8. The van der Waals surface area contributed by atoms with Gasteiger partial charge < -0.3 is 4.90 Å². The molecule has 1 aliphatic rings. The summed E-state index contributed by atoms with van der Waals surface area (Å²) in [5.74, 6) is -0.171. The summed E-state index contributed by atoms with van der Waals surface area (Å²) in [5, 5.41) is 2.19. The lowest BCUT2D eigenvalue weighted by atomic mass is 9.87. The molecule has 0 aromatic heterocycles. The summed E-state index contributed by atoms with van der Waals surface area (Å²) in [6.45, 7) is 4.21. The molecule has 2 rings (SSSR count). The van der Waals surface area contributed by atoms with Crippen molar-refractivity contribution in [2.24, 2.45) is 0 Å². The van der Waals surface area contributed by atoms with Crippen LogP contribution < -0.4 is 5.32 Å². The molecular formula is C18H24N2O4S. The Balaban J connectivity index is 1.82. The number of urea groups is 1. The maximum Gasteiger partial charge on any atom is 0.324 e. The molecule has 0 aliphatic carbocycles. The predicted molar refractivity (Wildman–Crippen MR) is 97.0 cm³/mol. The molecule has 3 amide bonds. The zero-order chi connectivity index (χ0) is 18.5. The molecule has 7 heteroatoms. The van der Waals surface area contributed by atoms with Gasteiger partial charge in [0.2, 0.25) is 5.91 Å². The van der Waals surface area contributed by atoms with Gasteiger partial charge in [-0.1, -0.05) is 56.3 Å². The van der Waals surface area contributed by atoms with E-state index >= 15 is 0 Å². The number of hydrogen-bond acceptors (Lipinski definition) is 4. The lowest BCUT2D eigenvalue weighted by Crippen LogP contribution is -2.29. The number of amides is 3. The number of carbonyl (C=O) groups excluding carboxylic acids is 2. The van der Waals surface area contributed by atoms with Crippen LogP contribution in [0.3, 0.4) is 0 Å². The maximum absolute atomic E-state index is 12.4. The smallest absolute Gasteiger partial charge is 0.311 e. The third-order valence-electron chi connectivity index (χ3n) is 4.09. The first-order chi connectivity index (χ1) is 11.7. The maximum atomic E-state index is 12.4. The van der Waals surface area contributed by atoms with E-state index in [4.69, 9.17) is 0 Å². The molecule has 6 nitrogen and oxygen atoms in total. The fourth-order valence-electron chi connectivity index (χ4n) is 2.79. The van der Waals surface area contributed by atoms with Gasteiger partial charge in [-0.2, -0.15) is 0 Å². The second-order valence-electron chi connectivity index (χ2n) is 6.84. The van der Waals surface area contributed by atoms with E-state index in [1.54, 1.807) is 12.2 Å². The van der Waals surface area contributed by atoms with Gasteiger partial charge in [-0.05, 0) is 12.0 Å². The Labute approximate surface area is 148 Å². The number of sulfone groups is 1. The van der Waals surface area contributed by atoms with Crippen molar-refractivity contribution in [3.05, 3.63) is 48.0 Å². The van der Waals surface area contributed by atoms with E-state index < -0.39 is 21.3 Å². The van der Waals surface area contributed by atoms with Crippen LogP contribution >= 0.6 is 0 Å². The van der Waals surface area contributed by atoms with E-state index in [1.165, 1.54) is 4.90 Å². The molecule has 1 aromatic carbocycles. The van der Waals surface area contributed by atoms with Crippen LogP contribution in [-0.2, 0) is 20.0 Å². The summed E-state index contributed by atoms with van der Waals surface area (Å²) in [5.41, 5.74) is 0.552. The molecule has 1 aromatic rings. The number of benzene rings is 1. The van der Waals surface area contributed by atoms with Gasteiger partial charge in [0.15, 0.2) is 9.84 Å². The highest BCUT2D eigenvalue weighted by Crippen LogP contribution is 2.25. The van der Waals surface area contributed by atoms with Gasteiger partial charge >= 0.3 is 6.03 Å². The minimum atomic E-state index is -3.20. The standard InChI is InChI=1S/C18H24N2O4S/c1-18(2,15-9-5-3-6-10-15)14-25(23,24)12-8-4-7-11-20-13-16(21)19-17(20)22/h3-7,9-10H,8,11-14H2,1-2H3,(H,19,21,22)/b7-4+. The molecule has 1 heterocycles. The number of hydrogen-bond donors (Lipinski definition) is 1. The Morgan fingerprint density at radius 3 is 2.44 bits per heavy atom. The van der Waals surface area contributed by atoms with Crippen LogP contribution in [0.25, 0.3) is 0 Å². The summed E-state index contributed by atoms with van der Waals surface area (Å²) >= 11 is 0. The van der Waals surface area contributed by atoms with Gasteiger partial charge in [0.25, 0.3) is 0 Å². The van der Waals surface area contributed by atoms with Crippen molar-refractivity contribution in [2.45, 2.75) is 25.7 Å². The molecule has 1 fully saturated rings. The minimum Gasteiger partial charge on any atom is -0.311 e. The number of imide groups is 1. The minimum absolute atomic E-state index is 0.0484. The Hall–Kier alpha value is -2.15. The van der Waals surface area contributed by atoms with Crippen molar-refractivity contribution >= 4 is 21.8 Å². The Bertz CT molecular complexity index is 755. The second kappa shape index (κ2) is 7.82. The summed E-state index contributed by atoms with van der Waals surface area (Å²) in [6, 6.07) is 9.20. The van der Waals surface area contributed by atoms with Gasteiger partial charge in [0.1, 0.15) is 6.54 Å². The highest BCUT2D eigenvalue weighted by Gasteiger charge is 2.27. The monoisotopic (exact) mass is 364 g/mol. The zero-order valence-electron chi connectivity index (χ0n) is 14.6. The number of nitrogens with one attached hydrogen (secondary N) is 1. The first-order valence-electron chi connectivity index (χ1n) is 8.19. The average Bonchev–Trinajstić information content (AvgIpc) is 2.84. The molecule has 1 N–H and O–H groups in total. The first-order valence-corrected chi connectivity index (χ1v) is 10.0. The Kier molecular flexibility index (Phi) is 6.00. The van der Waals surface area contributed by atoms with Crippen molar-refractivity contribution in [2.75, 3.05) is 24.6 Å². The molecule has 25 heavy (non-hydrogen) atoms. The van der Waals surface area contributed by atoms with Crippen molar-refractivity contribution in [3.8, 4) is 0 Å². The van der Waals surface area contributed by atoms with Gasteiger partial charge in [-0.25, -0.2) is 13.2 Å². The largest absolute Gasteiger partial charge is 0.324 e. The molecule has 0 spiro atoms. The van der Waals surface area contributed by atoms with Crippen molar-refractivity contribution in [1.29, 1.82) is 0 Å². The molecular weight excluding hydrogens is 340 g/mol. The molecule has 0 bridgehead atoms. The van der Waals surface area contributed by atoms with Gasteiger partial charge in [-0.3, -0.25) is 10.1 Å². The molecule has 136 valence electrons. The van der Waals surface area contributed by atoms with E-state index in [1.807, 2.05) is 44.2 Å². The Morgan fingerprint density at radius 1 is 1.16 bits per heavy atom. The van der Waals surface area contributed by atoms with Crippen molar-refractivity contribution in [3.63, 3.8) is 0 Å². The lowest BCUT2D eigenvalue weighted by molar-refractivity contribution is -0.118. The normalized spacial score (nSPS) is 15.8. The molecule has 1 saturated heterocycles. The summed E-state index contributed by atoms with van der Waals surface area (Å²) in [6.07, 6.45) is 3.84. The molecule has 0 saturated carbocycles. The first kappa shape index (κ1) is 19.2. The van der Waals surface area contributed by atoms with Crippen molar-refractivity contribution in [1.82, 2.24) is 10.2 Å². The number of nitrogens with zero attached hydrogens (tertiary/aromatic N) is 1. The molecule has 0 radical (unpaired) electrons. The fourth-order valence-corrected chi connectivity index (χ4v) is 4.70. The second-order valence-corrected chi connectivity index (χ2v) is 9.02. The van der Waals surface area contributed by atoms with Gasteiger partial charge in [-0.15, -0.1) is 0 Å². The predicted octanol–water partition coefficient (Wildman–Crippen LogP) is 1.88. The van der Waals surface area contributed by atoms with E-state index in [-0.39, 0.29) is 24.0 Å². The lowest BCUT2D eigenvalue weighted by Gasteiger charge is -2.24. The van der Waals surface area contributed by atoms with Crippen LogP contribution in [0.4, 0.5) is 4.79 Å². The summed E-state index contributed by atoms with van der Waals surface area (Å²) in [4.78, 5) is 23.8. The SMILES string of the molecule is CC(C)(CS(=O)(=O)CC/C=C/CN1CC(=O)NC1=O)c1ccccc1. The zero-order valence-corrected chi connectivity index (χ0v) is 15.4. The third kappa shape index (κ3) is 5.70. The van der Waals surface area contributed by atoms with Crippen LogP contribution in [0, 0.1) is 0 Å². The Morgan fingerprint density at radius 2 is 1.84 bits per heavy atom. The highest BCUT2D eigenvalue weighted by molar-refractivity contribution is 7.91. The van der Waals surface area contributed by atoms with Crippen LogP contribution in [0.1, 0.15) is 25.8 Å². The van der Waals surface area contributed by atoms with E-state index in [2.05, 4.69) is 5.32 Å².